The summed E-state index contributed by atoms with van der Waals surface area (Å²) in [5.74, 6) is 3.01. The molecule has 0 spiro atoms. The first-order chi connectivity index (χ1) is 9.95. The molecule has 1 aromatic heterocycles. The number of hydrogen-bond acceptors (Lipinski definition) is 4. The average molecular weight is 310 g/mol. The summed E-state index contributed by atoms with van der Waals surface area (Å²) in [6.45, 7) is 2.58. The van der Waals surface area contributed by atoms with E-state index in [1.54, 1.807) is 0 Å². The van der Waals surface area contributed by atoms with Crippen LogP contribution < -0.4 is 10.9 Å². The summed E-state index contributed by atoms with van der Waals surface area (Å²) < 4.78 is 1.17. The molecule has 1 aliphatic rings. The molecule has 0 aromatic carbocycles. The normalized spacial score (nSPS) is 25.3. The molecule has 2 N–H and O–H groups in total. The summed E-state index contributed by atoms with van der Waals surface area (Å²) in [4.78, 5) is 12.2. The molecule has 5 nitrogen and oxygen atoms in total. The van der Waals surface area contributed by atoms with Crippen LogP contribution in [0.2, 0.25) is 5.02 Å². The third kappa shape index (κ3) is 3.78. The van der Waals surface area contributed by atoms with Crippen molar-refractivity contribution in [2.45, 2.75) is 44.8 Å². The van der Waals surface area contributed by atoms with Crippen LogP contribution in [0.1, 0.15) is 32.6 Å². The SMILES string of the molecule is C#CCn1ncc(Cl)c(NCC2(O)CCC(C)CC2)c1=O. The van der Waals surface area contributed by atoms with E-state index in [4.69, 9.17) is 18.0 Å². The number of anilines is 1. The van der Waals surface area contributed by atoms with Gasteiger partial charge in [-0.2, -0.15) is 5.10 Å². The standard InChI is InChI=1S/C15H20ClN3O2/c1-3-8-19-14(20)13(12(16)9-18-19)17-10-15(21)6-4-11(2)5-7-15/h1,9,11,17,21H,4-8,10H2,2H3. The van der Waals surface area contributed by atoms with Crippen molar-refractivity contribution < 1.29 is 5.11 Å². The van der Waals surface area contributed by atoms with Gasteiger partial charge in [-0.3, -0.25) is 4.79 Å². The van der Waals surface area contributed by atoms with Crippen molar-refractivity contribution in [3.63, 3.8) is 0 Å². The van der Waals surface area contributed by atoms with Gasteiger partial charge < -0.3 is 10.4 Å². The predicted molar refractivity (Wildman–Crippen MR) is 83.4 cm³/mol. The van der Waals surface area contributed by atoms with E-state index in [1.165, 1.54) is 10.9 Å². The average Bonchev–Trinajstić information content (AvgIpc) is 2.46. The van der Waals surface area contributed by atoms with Gasteiger partial charge in [0.2, 0.25) is 0 Å². The summed E-state index contributed by atoms with van der Waals surface area (Å²) in [7, 11) is 0. The molecule has 0 atom stereocenters. The minimum Gasteiger partial charge on any atom is -0.388 e. The molecule has 0 amide bonds. The number of aromatic nitrogens is 2. The Kier molecular flexibility index (Phi) is 4.92. The molecule has 6 heteroatoms. The fourth-order valence-corrected chi connectivity index (χ4v) is 2.75. The van der Waals surface area contributed by atoms with Crippen LogP contribution in [-0.2, 0) is 6.54 Å². The van der Waals surface area contributed by atoms with E-state index in [0.29, 0.717) is 12.5 Å². The third-order valence-electron chi connectivity index (χ3n) is 4.04. The van der Waals surface area contributed by atoms with Crippen LogP contribution in [0.25, 0.3) is 0 Å². The van der Waals surface area contributed by atoms with Gasteiger partial charge in [0.25, 0.3) is 5.56 Å². The van der Waals surface area contributed by atoms with Gasteiger partial charge >= 0.3 is 0 Å². The van der Waals surface area contributed by atoms with Crippen LogP contribution in [0, 0.1) is 18.3 Å². The lowest BCUT2D eigenvalue weighted by molar-refractivity contribution is 0.00498. The highest BCUT2D eigenvalue weighted by atomic mass is 35.5. The first kappa shape index (κ1) is 15.9. The van der Waals surface area contributed by atoms with Crippen LogP contribution in [0.15, 0.2) is 11.0 Å². The predicted octanol–water partition coefficient (Wildman–Crippen LogP) is 1.88. The number of nitrogens with one attached hydrogen (secondary N) is 1. The van der Waals surface area contributed by atoms with Gasteiger partial charge in [-0.25, -0.2) is 4.68 Å². The zero-order valence-corrected chi connectivity index (χ0v) is 12.9. The highest BCUT2D eigenvalue weighted by Gasteiger charge is 2.32. The smallest absolute Gasteiger partial charge is 0.292 e. The van der Waals surface area contributed by atoms with Gasteiger partial charge in [-0.1, -0.05) is 24.4 Å². The van der Waals surface area contributed by atoms with Crippen molar-refractivity contribution in [2.75, 3.05) is 11.9 Å². The number of halogens is 1. The number of nitrogens with zero attached hydrogens (tertiary/aromatic N) is 2. The lowest BCUT2D eigenvalue weighted by Crippen LogP contribution is -2.41. The third-order valence-corrected chi connectivity index (χ3v) is 4.32. The Labute approximate surface area is 129 Å². The Morgan fingerprint density at radius 2 is 2.29 bits per heavy atom. The number of rotatable bonds is 4. The van der Waals surface area contributed by atoms with E-state index in [-0.39, 0.29) is 22.8 Å². The molecular weight excluding hydrogens is 290 g/mol. The van der Waals surface area contributed by atoms with Crippen molar-refractivity contribution in [1.82, 2.24) is 9.78 Å². The Morgan fingerprint density at radius 3 is 2.90 bits per heavy atom. The second-order valence-corrected chi connectivity index (χ2v) is 6.20. The minimum atomic E-state index is -0.789. The molecule has 0 bridgehead atoms. The van der Waals surface area contributed by atoms with Gasteiger partial charge in [0.1, 0.15) is 12.2 Å². The maximum Gasteiger partial charge on any atom is 0.292 e. The molecular formula is C15H20ClN3O2. The maximum atomic E-state index is 12.2. The lowest BCUT2D eigenvalue weighted by atomic mass is 9.79. The van der Waals surface area contributed by atoms with Crippen molar-refractivity contribution in [1.29, 1.82) is 0 Å². The molecule has 1 saturated carbocycles. The fraction of sp³-hybridized carbons (Fsp3) is 0.600. The maximum absolute atomic E-state index is 12.2. The van der Waals surface area contributed by atoms with Crippen LogP contribution >= 0.6 is 11.6 Å². The second kappa shape index (κ2) is 6.50. The van der Waals surface area contributed by atoms with Crippen LogP contribution in [0.3, 0.4) is 0 Å². The Hall–Kier alpha value is -1.51. The van der Waals surface area contributed by atoms with E-state index in [2.05, 4.69) is 23.3 Å². The summed E-state index contributed by atoms with van der Waals surface area (Å²) in [5.41, 5.74) is -0.912. The van der Waals surface area contributed by atoms with Crippen molar-refractivity contribution in [3.8, 4) is 12.3 Å². The van der Waals surface area contributed by atoms with Gasteiger partial charge in [0, 0.05) is 6.54 Å². The zero-order valence-electron chi connectivity index (χ0n) is 12.1. The molecule has 1 heterocycles. The van der Waals surface area contributed by atoms with Crippen LogP contribution in [-0.4, -0.2) is 27.0 Å². The number of hydrogen-bond donors (Lipinski definition) is 2. The molecule has 1 aliphatic carbocycles. The van der Waals surface area contributed by atoms with Gasteiger partial charge in [-0.05, 0) is 31.6 Å². The molecule has 21 heavy (non-hydrogen) atoms. The van der Waals surface area contributed by atoms with E-state index in [9.17, 15) is 9.90 Å². The molecule has 1 fully saturated rings. The topological polar surface area (TPSA) is 67.2 Å². The van der Waals surface area contributed by atoms with E-state index in [0.717, 1.165) is 25.7 Å². The Bertz CT molecular complexity index is 598. The molecule has 0 unspecified atom stereocenters. The number of terminal acetylenes is 1. The van der Waals surface area contributed by atoms with Crippen LogP contribution in [0.4, 0.5) is 5.69 Å². The van der Waals surface area contributed by atoms with Crippen molar-refractivity contribution >= 4 is 17.3 Å². The fourth-order valence-electron chi connectivity index (χ4n) is 2.56. The van der Waals surface area contributed by atoms with E-state index in [1.807, 2.05) is 0 Å². The quantitative estimate of drug-likeness (QED) is 0.833. The second-order valence-electron chi connectivity index (χ2n) is 5.79. The highest BCUT2D eigenvalue weighted by Crippen LogP contribution is 2.32. The van der Waals surface area contributed by atoms with Crippen LogP contribution in [0.5, 0.6) is 0 Å². The summed E-state index contributed by atoms with van der Waals surface area (Å²) in [6.07, 6.45) is 10.0. The van der Waals surface area contributed by atoms with E-state index >= 15 is 0 Å². The van der Waals surface area contributed by atoms with Crippen molar-refractivity contribution in [2.24, 2.45) is 5.92 Å². The lowest BCUT2D eigenvalue weighted by Gasteiger charge is -2.35. The first-order valence-corrected chi connectivity index (χ1v) is 7.48. The largest absolute Gasteiger partial charge is 0.388 e. The highest BCUT2D eigenvalue weighted by molar-refractivity contribution is 6.33. The summed E-state index contributed by atoms with van der Waals surface area (Å²) in [6, 6.07) is 0. The van der Waals surface area contributed by atoms with Gasteiger partial charge in [0.15, 0.2) is 0 Å². The number of aliphatic hydroxyl groups is 1. The molecule has 114 valence electrons. The van der Waals surface area contributed by atoms with Crippen molar-refractivity contribution in [3.05, 3.63) is 21.6 Å². The molecule has 0 radical (unpaired) electrons. The zero-order chi connectivity index (χ0) is 15.5. The van der Waals surface area contributed by atoms with Gasteiger partial charge in [0.05, 0.1) is 16.8 Å². The Balaban J connectivity index is 2.11. The van der Waals surface area contributed by atoms with Gasteiger partial charge in [-0.15, -0.1) is 6.42 Å². The van der Waals surface area contributed by atoms with E-state index < -0.39 is 5.60 Å². The first-order valence-electron chi connectivity index (χ1n) is 7.10. The monoisotopic (exact) mass is 309 g/mol. The summed E-state index contributed by atoms with van der Waals surface area (Å²) >= 11 is 6.02. The Morgan fingerprint density at radius 1 is 1.62 bits per heavy atom. The molecule has 1 aromatic rings. The molecule has 0 aliphatic heterocycles. The molecule has 2 rings (SSSR count). The summed E-state index contributed by atoms with van der Waals surface area (Å²) in [5, 5.41) is 17.6. The molecule has 0 saturated heterocycles. The minimum absolute atomic E-state index is 0.0897.